The maximum Gasteiger partial charge on any atom is 0.336 e. The van der Waals surface area contributed by atoms with Crippen LogP contribution in [0.4, 0.5) is 0 Å². The average molecular weight is 298 g/mol. The van der Waals surface area contributed by atoms with Crippen LogP contribution >= 0.6 is 0 Å². The van der Waals surface area contributed by atoms with E-state index in [0.717, 1.165) is 5.56 Å². The maximum atomic E-state index is 12.0. The zero-order valence-electron chi connectivity index (χ0n) is 12.5. The molecule has 2 rings (SSSR count). The van der Waals surface area contributed by atoms with Crippen molar-refractivity contribution in [2.45, 2.75) is 6.10 Å². The number of hydrogen-bond donors (Lipinski definition) is 1. The van der Waals surface area contributed by atoms with Gasteiger partial charge in [-0.15, -0.1) is 0 Å². The quantitative estimate of drug-likeness (QED) is 0.681. The Morgan fingerprint density at radius 2 is 1.68 bits per heavy atom. The molecule has 0 aliphatic carbocycles. The molecule has 2 aromatic carbocycles. The second kappa shape index (κ2) is 7.43. The van der Waals surface area contributed by atoms with Crippen LogP contribution in [0.3, 0.4) is 0 Å². The summed E-state index contributed by atoms with van der Waals surface area (Å²) in [6.45, 7) is 0. The molecular formula is C18H18O4. The highest BCUT2D eigenvalue weighted by atomic mass is 16.5. The molecule has 0 saturated carbocycles. The second-order valence-corrected chi connectivity index (χ2v) is 4.65. The van der Waals surface area contributed by atoms with Crippen molar-refractivity contribution in [3.05, 3.63) is 71.3 Å². The summed E-state index contributed by atoms with van der Waals surface area (Å²) in [7, 11) is 2.81. The highest BCUT2D eigenvalue weighted by Gasteiger charge is 2.23. The number of methoxy groups -OCH3 is 2. The van der Waals surface area contributed by atoms with E-state index in [1.807, 2.05) is 30.3 Å². The van der Waals surface area contributed by atoms with E-state index >= 15 is 0 Å². The lowest BCUT2D eigenvalue weighted by Gasteiger charge is -2.16. The van der Waals surface area contributed by atoms with E-state index in [0.29, 0.717) is 11.3 Å². The fourth-order valence-corrected chi connectivity index (χ4v) is 2.16. The van der Waals surface area contributed by atoms with Gasteiger partial charge in [0.2, 0.25) is 0 Å². The van der Waals surface area contributed by atoms with E-state index in [-0.39, 0.29) is 5.57 Å². The molecule has 1 N–H and O–H groups in total. The van der Waals surface area contributed by atoms with E-state index in [1.54, 1.807) is 30.3 Å². The van der Waals surface area contributed by atoms with E-state index in [4.69, 9.17) is 9.47 Å². The predicted molar refractivity (Wildman–Crippen MR) is 84.4 cm³/mol. The third-order valence-electron chi connectivity index (χ3n) is 3.27. The summed E-state index contributed by atoms with van der Waals surface area (Å²) in [5.74, 6) is -0.0693. The lowest BCUT2D eigenvalue weighted by molar-refractivity contribution is -0.137. The monoisotopic (exact) mass is 298 g/mol. The zero-order valence-corrected chi connectivity index (χ0v) is 12.5. The van der Waals surface area contributed by atoms with Crippen LogP contribution in [0.5, 0.6) is 5.75 Å². The summed E-state index contributed by atoms with van der Waals surface area (Å²) in [5, 5.41) is 10.6. The largest absolute Gasteiger partial charge is 0.496 e. The summed E-state index contributed by atoms with van der Waals surface area (Å²) in [4.78, 5) is 12.0. The van der Waals surface area contributed by atoms with Gasteiger partial charge < -0.3 is 14.6 Å². The number of aliphatic hydroxyl groups excluding tert-OH is 1. The van der Waals surface area contributed by atoms with Gasteiger partial charge in [0, 0.05) is 5.56 Å². The van der Waals surface area contributed by atoms with E-state index in [1.165, 1.54) is 14.2 Å². The van der Waals surface area contributed by atoms with E-state index in [9.17, 15) is 9.90 Å². The Bertz CT molecular complexity index is 662. The molecule has 22 heavy (non-hydrogen) atoms. The first-order valence-corrected chi connectivity index (χ1v) is 6.83. The lowest BCUT2D eigenvalue weighted by Crippen LogP contribution is -2.14. The molecule has 1 unspecified atom stereocenters. The highest BCUT2D eigenvalue weighted by molar-refractivity contribution is 5.95. The molecule has 0 heterocycles. The van der Waals surface area contributed by atoms with Crippen LogP contribution in [0.15, 0.2) is 60.2 Å². The molecule has 4 heteroatoms. The van der Waals surface area contributed by atoms with Crippen LogP contribution in [0.2, 0.25) is 0 Å². The molecule has 0 aromatic heterocycles. The van der Waals surface area contributed by atoms with Crippen molar-refractivity contribution in [3.63, 3.8) is 0 Å². The van der Waals surface area contributed by atoms with Crippen LogP contribution in [0.1, 0.15) is 17.2 Å². The van der Waals surface area contributed by atoms with Crippen molar-refractivity contribution in [2.24, 2.45) is 0 Å². The smallest absolute Gasteiger partial charge is 0.336 e. The molecule has 0 bridgehead atoms. The molecule has 0 amide bonds. The van der Waals surface area contributed by atoms with Gasteiger partial charge in [-0.1, -0.05) is 48.5 Å². The van der Waals surface area contributed by atoms with Crippen LogP contribution in [0.25, 0.3) is 6.08 Å². The standard InChI is InChI=1S/C18H18O4/c1-21-16-11-7-6-10-14(16)17(19)15(18(20)22-2)12-13-8-4-3-5-9-13/h3-12,17,19H,1-2H3/b15-12-. The Morgan fingerprint density at radius 3 is 2.32 bits per heavy atom. The molecule has 114 valence electrons. The van der Waals surface area contributed by atoms with Crippen molar-refractivity contribution in [1.82, 2.24) is 0 Å². The third-order valence-corrected chi connectivity index (χ3v) is 3.27. The number of carbonyl (C=O) groups excluding carboxylic acids is 1. The molecule has 0 saturated heterocycles. The number of esters is 1. The van der Waals surface area contributed by atoms with Gasteiger partial charge >= 0.3 is 5.97 Å². The van der Waals surface area contributed by atoms with Gasteiger partial charge in [0.15, 0.2) is 0 Å². The first kappa shape index (κ1) is 15.8. The molecule has 0 fully saturated rings. The second-order valence-electron chi connectivity index (χ2n) is 4.65. The average Bonchev–Trinajstić information content (AvgIpc) is 2.59. The minimum Gasteiger partial charge on any atom is -0.496 e. The number of carbonyl (C=O) groups is 1. The van der Waals surface area contributed by atoms with Gasteiger partial charge in [-0.05, 0) is 17.7 Å². The molecule has 0 radical (unpaired) electrons. The molecule has 4 nitrogen and oxygen atoms in total. The Kier molecular flexibility index (Phi) is 5.33. The van der Waals surface area contributed by atoms with E-state index < -0.39 is 12.1 Å². The summed E-state index contributed by atoms with van der Waals surface area (Å²) in [5.41, 5.74) is 1.47. The van der Waals surface area contributed by atoms with Crippen molar-refractivity contribution in [2.75, 3.05) is 14.2 Å². The van der Waals surface area contributed by atoms with Gasteiger partial charge in [0.05, 0.1) is 19.8 Å². The van der Waals surface area contributed by atoms with Crippen molar-refractivity contribution < 1.29 is 19.4 Å². The Morgan fingerprint density at radius 1 is 1.05 bits per heavy atom. The first-order valence-electron chi connectivity index (χ1n) is 6.83. The minimum absolute atomic E-state index is 0.151. The van der Waals surface area contributed by atoms with Crippen LogP contribution in [0, 0.1) is 0 Å². The molecule has 0 spiro atoms. The van der Waals surface area contributed by atoms with Crippen LogP contribution in [-0.2, 0) is 9.53 Å². The van der Waals surface area contributed by atoms with Crippen LogP contribution < -0.4 is 4.74 Å². The van der Waals surface area contributed by atoms with Crippen molar-refractivity contribution >= 4 is 12.0 Å². The molecule has 2 aromatic rings. The van der Waals surface area contributed by atoms with E-state index in [2.05, 4.69) is 0 Å². The van der Waals surface area contributed by atoms with Crippen molar-refractivity contribution in [3.8, 4) is 5.75 Å². The van der Waals surface area contributed by atoms with Gasteiger partial charge in [-0.2, -0.15) is 0 Å². The maximum absolute atomic E-state index is 12.0. The first-order chi connectivity index (χ1) is 10.7. The highest BCUT2D eigenvalue weighted by Crippen LogP contribution is 2.31. The summed E-state index contributed by atoms with van der Waals surface area (Å²) < 4.78 is 10.0. The Hall–Kier alpha value is -2.59. The SMILES string of the molecule is COC(=O)/C(=C\c1ccccc1)C(O)c1ccccc1OC. The third kappa shape index (κ3) is 3.54. The zero-order chi connectivity index (χ0) is 15.9. The van der Waals surface area contributed by atoms with Gasteiger partial charge in [0.1, 0.15) is 11.9 Å². The van der Waals surface area contributed by atoms with Crippen LogP contribution in [-0.4, -0.2) is 25.3 Å². The topological polar surface area (TPSA) is 55.8 Å². The lowest BCUT2D eigenvalue weighted by atomic mass is 9.98. The fourth-order valence-electron chi connectivity index (χ4n) is 2.16. The summed E-state index contributed by atoms with van der Waals surface area (Å²) in [6.07, 6.45) is 0.479. The van der Waals surface area contributed by atoms with Gasteiger partial charge in [-0.3, -0.25) is 0 Å². The normalized spacial score (nSPS) is 12.6. The fraction of sp³-hybridized carbons (Fsp3) is 0.167. The van der Waals surface area contributed by atoms with Gasteiger partial charge in [0.25, 0.3) is 0 Å². The van der Waals surface area contributed by atoms with Crippen molar-refractivity contribution in [1.29, 1.82) is 0 Å². The predicted octanol–water partition coefficient (Wildman–Crippen LogP) is 2.99. The number of benzene rings is 2. The Labute approximate surface area is 129 Å². The summed E-state index contributed by atoms with van der Waals surface area (Å²) in [6, 6.07) is 16.3. The Balaban J connectivity index is 2.46. The molecule has 0 aliphatic rings. The summed E-state index contributed by atoms with van der Waals surface area (Å²) >= 11 is 0. The molecule has 1 atom stereocenters. The molecular weight excluding hydrogens is 280 g/mol. The number of para-hydroxylation sites is 1. The number of rotatable bonds is 5. The van der Waals surface area contributed by atoms with Gasteiger partial charge in [-0.25, -0.2) is 4.79 Å². The number of aliphatic hydroxyl groups is 1. The number of hydrogen-bond acceptors (Lipinski definition) is 4. The minimum atomic E-state index is -1.14. The molecule has 0 aliphatic heterocycles. The number of ether oxygens (including phenoxy) is 2.